The number of nitro groups is 2. The van der Waals surface area contributed by atoms with Crippen molar-refractivity contribution in [2.45, 2.75) is 23.3 Å². The average molecular weight is 597 g/mol. The zero-order valence-electron chi connectivity index (χ0n) is 20.9. The molecule has 39 heavy (non-hydrogen) atoms. The van der Waals surface area contributed by atoms with Gasteiger partial charge in [0.15, 0.2) is 5.69 Å². The Morgan fingerprint density at radius 1 is 0.795 bits per heavy atom. The summed E-state index contributed by atoms with van der Waals surface area (Å²) >= 11 is 0. The van der Waals surface area contributed by atoms with Gasteiger partial charge < -0.3 is 19.3 Å². The van der Waals surface area contributed by atoms with Gasteiger partial charge in [-0.25, -0.2) is 16.8 Å². The van der Waals surface area contributed by atoms with E-state index in [-0.39, 0.29) is 76.2 Å². The molecule has 0 heterocycles. The number of nitro benzene ring substituents is 2. The van der Waals surface area contributed by atoms with Crippen LogP contribution in [0.1, 0.15) is 12.5 Å². The summed E-state index contributed by atoms with van der Waals surface area (Å²) in [6, 6.07) is 12.6. The van der Waals surface area contributed by atoms with Gasteiger partial charge in [0.2, 0.25) is 0 Å². The summed E-state index contributed by atoms with van der Waals surface area (Å²) in [7, 11) is -9.82. The summed E-state index contributed by atoms with van der Waals surface area (Å²) in [5.74, 6) is 0. The second-order valence-corrected chi connectivity index (χ2v) is 10.4. The Morgan fingerprint density at radius 2 is 1.31 bits per heavy atom. The fourth-order valence-corrected chi connectivity index (χ4v) is 4.51. The van der Waals surface area contributed by atoms with Gasteiger partial charge in [-0.15, -0.1) is 0 Å². The zero-order valence-corrected chi connectivity index (χ0v) is 26.6. The molecule has 3 aromatic carbocycles. The van der Waals surface area contributed by atoms with Crippen molar-refractivity contribution in [1.82, 2.24) is 0 Å². The van der Waals surface area contributed by atoms with E-state index in [0.29, 0.717) is 29.9 Å². The van der Waals surface area contributed by atoms with Crippen LogP contribution < -0.4 is 69.3 Å². The average Bonchev–Trinajstić information content (AvgIpc) is 2.81. The van der Waals surface area contributed by atoms with Crippen LogP contribution in [0.25, 0.3) is 0 Å². The Labute approximate surface area is 267 Å². The van der Waals surface area contributed by atoms with Gasteiger partial charge in [0.05, 0.1) is 19.6 Å². The molecule has 0 bridgehead atoms. The van der Waals surface area contributed by atoms with Gasteiger partial charge in [-0.2, -0.15) is 0 Å². The predicted octanol–water partition coefficient (Wildman–Crippen LogP) is -2.91. The minimum Gasteiger partial charge on any atom is -0.744 e. The Kier molecular flexibility index (Phi) is 12.5. The quantitative estimate of drug-likeness (QED) is 0.108. The summed E-state index contributed by atoms with van der Waals surface area (Å²) in [5.41, 5.74) is -1.19. The van der Waals surface area contributed by atoms with E-state index < -0.39 is 52.0 Å². The second kappa shape index (κ2) is 14.0. The minimum atomic E-state index is -5.20. The van der Waals surface area contributed by atoms with Crippen molar-refractivity contribution in [1.29, 1.82) is 0 Å². The number of nitrogens with zero attached hydrogens (tertiary/aromatic N) is 3. The van der Waals surface area contributed by atoms with Crippen LogP contribution >= 0.6 is 0 Å². The number of anilines is 3. The van der Waals surface area contributed by atoms with Crippen molar-refractivity contribution in [3.8, 4) is 0 Å². The van der Waals surface area contributed by atoms with Crippen LogP contribution in [-0.4, -0.2) is 42.3 Å². The summed E-state index contributed by atoms with van der Waals surface area (Å²) in [6.07, 6.45) is 0. The van der Waals surface area contributed by atoms with E-state index in [4.69, 9.17) is 0 Å². The van der Waals surface area contributed by atoms with Crippen LogP contribution in [0.15, 0.2) is 70.5 Å². The molecule has 0 radical (unpaired) electrons. The Morgan fingerprint density at radius 3 is 1.74 bits per heavy atom. The van der Waals surface area contributed by atoms with Crippen LogP contribution in [0, 0.1) is 20.2 Å². The molecule has 0 aromatic heterocycles. The van der Waals surface area contributed by atoms with Gasteiger partial charge in [0, 0.05) is 36.6 Å². The predicted molar refractivity (Wildman–Crippen MR) is 129 cm³/mol. The Balaban J connectivity index is 0.00000380. The molecule has 3 rings (SSSR count). The maximum Gasteiger partial charge on any atom is 1.00 e. The molecule has 0 saturated heterocycles. The van der Waals surface area contributed by atoms with Crippen molar-refractivity contribution < 1.29 is 94.9 Å². The first kappa shape index (κ1) is 34.9. The Hall–Kier alpha value is -2.12. The smallest absolute Gasteiger partial charge is 0.744 e. The molecule has 0 spiro atoms. The summed E-state index contributed by atoms with van der Waals surface area (Å²) in [5, 5.41) is 25.5. The standard InChI is InChI=1S/C21H20N4O10S2.2Na/c1-2-23(13-14-4-3-5-17(10-14)36(30,31)32)16-8-6-15(7-9-16)22-21-19(24(26)27)11-18(37(33,34)35)12-20(21)25(28)29;;/h3-12,22H,2,13H2,1H3,(H,30,31,32)(H,33,34,35);;/q;2*+1/p-2. The molecule has 0 fully saturated rings. The molecule has 3 aromatic rings. The molecule has 0 amide bonds. The maximum atomic E-state index is 11.5. The maximum absolute atomic E-state index is 11.5. The number of hydrogen-bond donors (Lipinski definition) is 1. The number of rotatable bonds is 10. The fourth-order valence-electron chi connectivity index (χ4n) is 3.45. The summed E-state index contributed by atoms with van der Waals surface area (Å²) in [4.78, 5) is 21.2. The van der Waals surface area contributed by atoms with Gasteiger partial charge >= 0.3 is 70.5 Å². The molecule has 1 N–H and O–H groups in total. The molecule has 14 nitrogen and oxygen atoms in total. The first-order chi connectivity index (χ1) is 17.2. The van der Waals surface area contributed by atoms with E-state index >= 15 is 0 Å². The molecule has 0 atom stereocenters. The zero-order chi connectivity index (χ0) is 27.5. The normalized spacial score (nSPS) is 11.1. The topological polar surface area (TPSA) is 216 Å². The van der Waals surface area contributed by atoms with Crippen LogP contribution in [0.2, 0.25) is 0 Å². The van der Waals surface area contributed by atoms with Crippen molar-refractivity contribution in [3.63, 3.8) is 0 Å². The van der Waals surface area contributed by atoms with Gasteiger partial charge in [-0.1, -0.05) is 12.1 Å². The largest absolute Gasteiger partial charge is 1.00 e. The van der Waals surface area contributed by atoms with Crippen LogP contribution in [-0.2, 0) is 26.8 Å². The van der Waals surface area contributed by atoms with Crippen molar-refractivity contribution in [2.75, 3.05) is 16.8 Å². The minimum absolute atomic E-state index is 0. The summed E-state index contributed by atoms with van der Waals surface area (Å²) in [6.45, 7) is 2.55. The van der Waals surface area contributed by atoms with E-state index in [9.17, 15) is 46.2 Å². The number of hydrogen-bond acceptors (Lipinski definition) is 12. The first-order valence-electron chi connectivity index (χ1n) is 10.3. The second-order valence-electron chi connectivity index (χ2n) is 7.59. The van der Waals surface area contributed by atoms with Crippen molar-refractivity contribution in [3.05, 3.63) is 86.5 Å². The van der Waals surface area contributed by atoms with Crippen LogP contribution in [0.5, 0.6) is 0 Å². The van der Waals surface area contributed by atoms with Crippen LogP contribution in [0.3, 0.4) is 0 Å². The van der Waals surface area contributed by atoms with E-state index in [1.165, 1.54) is 30.3 Å². The molecule has 0 aliphatic carbocycles. The van der Waals surface area contributed by atoms with Crippen LogP contribution in [0.4, 0.5) is 28.4 Å². The van der Waals surface area contributed by atoms with Crippen molar-refractivity contribution in [2.24, 2.45) is 0 Å². The van der Waals surface area contributed by atoms with Crippen molar-refractivity contribution >= 4 is 48.7 Å². The fraction of sp³-hybridized carbons (Fsp3) is 0.143. The van der Waals surface area contributed by atoms with E-state index in [0.717, 1.165) is 0 Å². The monoisotopic (exact) mass is 596 g/mol. The molecule has 0 unspecified atom stereocenters. The van der Waals surface area contributed by atoms with E-state index in [1.54, 1.807) is 18.2 Å². The van der Waals surface area contributed by atoms with Gasteiger partial charge in [-0.05, 0) is 48.9 Å². The molecule has 18 heteroatoms. The summed E-state index contributed by atoms with van der Waals surface area (Å²) < 4.78 is 67.8. The number of nitrogens with one attached hydrogen (secondary N) is 1. The first-order valence-corrected chi connectivity index (χ1v) is 13.1. The van der Waals surface area contributed by atoms with E-state index in [2.05, 4.69) is 5.32 Å². The number of benzene rings is 3. The van der Waals surface area contributed by atoms with Gasteiger partial charge in [0.1, 0.15) is 20.2 Å². The molecule has 196 valence electrons. The molecule has 0 aliphatic rings. The molecular weight excluding hydrogens is 578 g/mol. The molecule has 0 aliphatic heterocycles. The third kappa shape index (κ3) is 8.94. The SMILES string of the molecule is CCN(Cc1cccc(S(=O)(=O)[O-])c1)c1ccc(Nc2c([N+](=O)[O-])cc(S(=O)(=O)[O-])cc2[N+](=O)[O-])cc1.[Na+].[Na+]. The van der Waals surface area contributed by atoms with E-state index in [1.807, 2.05) is 11.8 Å². The third-order valence-electron chi connectivity index (χ3n) is 5.20. The van der Waals surface area contributed by atoms with Gasteiger partial charge in [0.25, 0.3) is 0 Å². The van der Waals surface area contributed by atoms with Gasteiger partial charge in [-0.3, -0.25) is 20.2 Å². The molecular formula is C21H18N4Na2O10S2. The molecule has 0 saturated carbocycles. The Bertz CT molecular complexity index is 1550. The third-order valence-corrected chi connectivity index (χ3v) is 6.84.